The predicted octanol–water partition coefficient (Wildman–Crippen LogP) is 3.84. The van der Waals surface area contributed by atoms with Crippen molar-refractivity contribution in [2.45, 2.75) is 0 Å². The zero-order valence-electron chi connectivity index (χ0n) is 8.78. The van der Waals surface area contributed by atoms with Gasteiger partial charge in [0.05, 0.1) is 4.47 Å². The van der Waals surface area contributed by atoms with Crippen LogP contribution in [0, 0.1) is 5.82 Å². The zero-order chi connectivity index (χ0) is 12.3. The van der Waals surface area contributed by atoms with E-state index in [0.717, 1.165) is 0 Å². The van der Waals surface area contributed by atoms with Gasteiger partial charge >= 0.3 is 0 Å². The lowest BCUT2D eigenvalue weighted by molar-refractivity contribution is 0.102. The van der Waals surface area contributed by atoms with E-state index in [9.17, 15) is 9.18 Å². The Bertz CT molecular complexity index is 542. The molecule has 1 N–H and O–H groups in total. The Labute approximate surface area is 107 Å². The van der Waals surface area contributed by atoms with Crippen molar-refractivity contribution in [2.75, 3.05) is 5.32 Å². The topological polar surface area (TPSA) is 29.1 Å². The lowest BCUT2D eigenvalue weighted by atomic mass is 10.2. The molecule has 1 amide bonds. The number of nitrogens with one attached hydrogen (secondary N) is 1. The van der Waals surface area contributed by atoms with Crippen molar-refractivity contribution in [1.29, 1.82) is 0 Å². The highest BCUT2D eigenvalue weighted by Crippen LogP contribution is 2.17. The Hall–Kier alpha value is -1.68. The first-order valence-corrected chi connectivity index (χ1v) is 5.77. The molecule has 0 unspecified atom stereocenters. The van der Waals surface area contributed by atoms with Crippen molar-refractivity contribution in [3.05, 3.63) is 64.4 Å². The molecule has 0 radical (unpaired) electrons. The Morgan fingerprint density at radius 2 is 1.82 bits per heavy atom. The molecule has 0 aliphatic carbocycles. The summed E-state index contributed by atoms with van der Waals surface area (Å²) in [5.74, 6) is -0.784. The van der Waals surface area contributed by atoms with E-state index in [-0.39, 0.29) is 11.5 Å². The lowest BCUT2D eigenvalue weighted by Crippen LogP contribution is -2.11. The minimum absolute atomic E-state index is 0.287. The van der Waals surface area contributed by atoms with E-state index in [0.29, 0.717) is 10.2 Å². The molecule has 0 heterocycles. The highest BCUT2D eigenvalue weighted by molar-refractivity contribution is 9.10. The predicted molar refractivity (Wildman–Crippen MR) is 68.5 cm³/mol. The molecule has 2 rings (SSSR count). The van der Waals surface area contributed by atoms with Gasteiger partial charge in [-0.15, -0.1) is 0 Å². The summed E-state index contributed by atoms with van der Waals surface area (Å²) in [6, 6.07) is 13.3. The fourth-order valence-electron chi connectivity index (χ4n) is 1.36. The van der Waals surface area contributed by atoms with Gasteiger partial charge in [-0.25, -0.2) is 4.39 Å². The second-order valence-corrected chi connectivity index (χ2v) is 4.30. The normalized spacial score (nSPS) is 10.0. The van der Waals surface area contributed by atoms with E-state index in [1.165, 1.54) is 12.1 Å². The molecule has 17 heavy (non-hydrogen) atoms. The first-order valence-electron chi connectivity index (χ1n) is 4.98. The number of carbonyl (C=O) groups is 1. The zero-order valence-corrected chi connectivity index (χ0v) is 10.4. The standard InChI is InChI=1S/C13H9BrFNO/c14-11-7-6-9(8-12(11)15)13(17)16-10-4-2-1-3-5-10/h1-8H,(H,16,17). The van der Waals surface area contributed by atoms with Crippen LogP contribution in [-0.4, -0.2) is 5.91 Å². The van der Waals surface area contributed by atoms with Crippen LogP contribution in [0.4, 0.5) is 10.1 Å². The van der Waals surface area contributed by atoms with Gasteiger partial charge in [-0.05, 0) is 46.3 Å². The van der Waals surface area contributed by atoms with Crippen LogP contribution in [0.3, 0.4) is 0 Å². The van der Waals surface area contributed by atoms with Gasteiger partial charge in [0, 0.05) is 11.3 Å². The fraction of sp³-hybridized carbons (Fsp3) is 0. The van der Waals surface area contributed by atoms with Crippen molar-refractivity contribution in [2.24, 2.45) is 0 Å². The Morgan fingerprint density at radius 3 is 2.47 bits per heavy atom. The summed E-state index contributed by atoms with van der Waals surface area (Å²) in [7, 11) is 0. The summed E-state index contributed by atoms with van der Waals surface area (Å²) in [5, 5.41) is 2.68. The Morgan fingerprint density at radius 1 is 1.12 bits per heavy atom. The molecule has 0 aliphatic heterocycles. The molecular formula is C13H9BrFNO. The minimum Gasteiger partial charge on any atom is -0.322 e. The van der Waals surface area contributed by atoms with Gasteiger partial charge in [0.2, 0.25) is 0 Å². The van der Waals surface area contributed by atoms with Gasteiger partial charge in [-0.2, -0.15) is 0 Å². The third-order valence-corrected chi connectivity index (χ3v) is 2.86. The summed E-state index contributed by atoms with van der Waals surface area (Å²) in [6.45, 7) is 0. The van der Waals surface area contributed by atoms with Crippen LogP contribution in [-0.2, 0) is 0 Å². The van der Waals surface area contributed by atoms with Crippen LogP contribution in [0.15, 0.2) is 53.0 Å². The molecule has 2 aromatic rings. The second-order valence-electron chi connectivity index (χ2n) is 3.45. The molecule has 0 aliphatic rings. The SMILES string of the molecule is O=C(Nc1ccccc1)c1ccc(Br)c(F)c1. The van der Waals surface area contributed by atoms with E-state index >= 15 is 0 Å². The summed E-state index contributed by atoms with van der Waals surface area (Å²) < 4.78 is 13.6. The summed E-state index contributed by atoms with van der Waals surface area (Å²) in [6.07, 6.45) is 0. The summed E-state index contributed by atoms with van der Waals surface area (Å²) >= 11 is 3.04. The molecule has 0 saturated heterocycles. The molecule has 2 aromatic carbocycles. The number of benzene rings is 2. The van der Waals surface area contributed by atoms with Crippen LogP contribution >= 0.6 is 15.9 Å². The first-order chi connectivity index (χ1) is 8.16. The first kappa shape index (κ1) is 11.8. The molecule has 0 aromatic heterocycles. The van der Waals surface area contributed by atoms with Gasteiger partial charge in [0.15, 0.2) is 0 Å². The molecule has 0 fully saturated rings. The van der Waals surface area contributed by atoms with E-state index in [1.807, 2.05) is 18.2 Å². The maximum absolute atomic E-state index is 13.3. The molecule has 2 nitrogen and oxygen atoms in total. The van der Waals surface area contributed by atoms with Crippen molar-refractivity contribution in [3.8, 4) is 0 Å². The summed E-state index contributed by atoms with van der Waals surface area (Å²) in [4.78, 5) is 11.8. The lowest BCUT2D eigenvalue weighted by Gasteiger charge is -2.05. The Kier molecular flexibility index (Phi) is 3.54. The van der Waals surface area contributed by atoms with E-state index < -0.39 is 5.82 Å². The number of hydrogen-bond acceptors (Lipinski definition) is 1. The van der Waals surface area contributed by atoms with Crippen LogP contribution < -0.4 is 5.32 Å². The average molecular weight is 294 g/mol. The quantitative estimate of drug-likeness (QED) is 0.895. The highest BCUT2D eigenvalue weighted by Gasteiger charge is 2.08. The number of amides is 1. The van der Waals surface area contributed by atoms with Gasteiger partial charge in [0.25, 0.3) is 5.91 Å². The van der Waals surface area contributed by atoms with Gasteiger partial charge in [-0.1, -0.05) is 18.2 Å². The number of para-hydroxylation sites is 1. The van der Waals surface area contributed by atoms with Crippen LogP contribution in [0.25, 0.3) is 0 Å². The van der Waals surface area contributed by atoms with Crippen molar-refractivity contribution in [1.82, 2.24) is 0 Å². The fourth-order valence-corrected chi connectivity index (χ4v) is 1.61. The molecular weight excluding hydrogens is 285 g/mol. The monoisotopic (exact) mass is 293 g/mol. The maximum atomic E-state index is 13.3. The van der Waals surface area contributed by atoms with Gasteiger partial charge in [0.1, 0.15) is 5.82 Å². The van der Waals surface area contributed by atoms with Crippen molar-refractivity contribution in [3.63, 3.8) is 0 Å². The van der Waals surface area contributed by atoms with Gasteiger partial charge < -0.3 is 5.32 Å². The molecule has 0 atom stereocenters. The van der Waals surface area contributed by atoms with Crippen LogP contribution in [0.2, 0.25) is 0 Å². The van der Waals surface area contributed by atoms with E-state index in [2.05, 4.69) is 21.2 Å². The molecule has 0 spiro atoms. The largest absolute Gasteiger partial charge is 0.322 e. The average Bonchev–Trinajstić information content (AvgIpc) is 2.34. The highest BCUT2D eigenvalue weighted by atomic mass is 79.9. The third-order valence-electron chi connectivity index (χ3n) is 2.21. The molecule has 86 valence electrons. The van der Waals surface area contributed by atoms with Crippen molar-refractivity contribution >= 4 is 27.5 Å². The molecule has 0 bridgehead atoms. The van der Waals surface area contributed by atoms with Crippen molar-refractivity contribution < 1.29 is 9.18 Å². The maximum Gasteiger partial charge on any atom is 0.255 e. The van der Waals surface area contributed by atoms with Crippen LogP contribution in [0.5, 0.6) is 0 Å². The number of rotatable bonds is 2. The minimum atomic E-state index is -0.453. The number of carbonyl (C=O) groups excluding carboxylic acids is 1. The third kappa shape index (κ3) is 2.91. The van der Waals surface area contributed by atoms with E-state index in [1.54, 1.807) is 18.2 Å². The molecule has 4 heteroatoms. The second kappa shape index (κ2) is 5.10. The Balaban J connectivity index is 2.18. The number of hydrogen-bond donors (Lipinski definition) is 1. The van der Waals surface area contributed by atoms with Gasteiger partial charge in [-0.3, -0.25) is 4.79 Å². The number of anilines is 1. The number of halogens is 2. The molecule has 0 saturated carbocycles. The smallest absolute Gasteiger partial charge is 0.255 e. The summed E-state index contributed by atoms with van der Waals surface area (Å²) in [5.41, 5.74) is 0.968. The van der Waals surface area contributed by atoms with E-state index in [4.69, 9.17) is 0 Å². The van der Waals surface area contributed by atoms with Crippen LogP contribution in [0.1, 0.15) is 10.4 Å².